The number of aromatic nitrogens is 1. The molecule has 1 fully saturated rings. The van der Waals surface area contributed by atoms with Crippen molar-refractivity contribution in [3.63, 3.8) is 0 Å². The van der Waals surface area contributed by atoms with Crippen LogP contribution in [0.15, 0.2) is 12.1 Å². The largest absolute Gasteiger partial charge is 0.336 e. The summed E-state index contributed by atoms with van der Waals surface area (Å²) in [6.45, 7) is 10.7. The van der Waals surface area contributed by atoms with Crippen molar-refractivity contribution in [3.8, 4) is 0 Å². The number of carbonyl (C=O) groups excluding carboxylic acids is 1. The van der Waals surface area contributed by atoms with Gasteiger partial charge in [0.1, 0.15) is 5.15 Å². The quantitative estimate of drug-likeness (QED) is 0.749. The fourth-order valence-electron chi connectivity index (χ4n) is 2.42. The van der Waals surface area contributed by atoms with Gasteiger partial charge in [0.15, 0.2) is 0 Å². The third-order valence-electron chi connectivity index (χ3n) is 4.06. The van der Waals surface area contributed by atoms with E-state index in [1.165, 1.54) is 0 Å². The number of halogens is 1. The molecule has 0 spiro atoms. The first-order valence-electron chi connectivity index (χ1n) is 7.36. The van der Waals surface area contributed by atoms with E-state index >= 15 is 0 Å². The lowest BCUT2D eigenvalue weighted by molar-refractivity contribution is 0.0572. The van der Waals surface area contributed by atoms with Crippen LogP contribution < -0.4 is 0 Å². The average Bonchev–Trinajstić information content (AvgIpc) is 2.39. The highest BCUT2D eigenvalue weighted by Crippen LogP contribution is 2.24. The predicted molar refractivity (Wildman–Crippen MR) is 85.9 cm³/mol. The molecule has 0 aromatic carbocycles. The van der Waals surface area contributed by atoms with Gasteiger partial charge in [-0.05, 0) is 26.1 Å². The van der Waals surface area contributed by atoms with Crippen molar-refractivity contribution in [1.82, 2.24) is 14.8 Å². The van der Waals surface area contributed by atoms with E-state index in [2.05, 4.69) is 44.6 Å². The van der Waals surface area contributed by atoms with Gasteiger partial charge < -0.3 is 9.80 Å². The van der Waals surface area contributed by atoms with Crippen LogP contribution in [-0.2, 0) is 5.41 Å². The van der Waals surface area contributed by atoms with Crippen LogP contribution in [0.5, 0.6) is 0 Å². The molecule has 2 rings (SSSR count). The molecule has 0 aliphatic carbocycles. The lowest BCUT2D eigenvalue weighted by Crippen LogP contribution is -2.52. The summed E-state index contributed by atoms with van der Waals surface area (Å²) in [5, 5.41) is 0.382. The van der Waals surface area contributed by atoms with Gasteiger partial charge in [-0.2, -0.15) is 0 Å². The number of rotatable bonds is 1. The summed E-state index contributed by atoms with van der Waals surface area (Å²) in [4.78, 5) is 21.2. The Morgan fingerprint density at radius 3 is 2.57 bits per heavy atom. The summed E-state index contributed by atoms with van der Waals surface area (Å²) < 4.78 is 0. The topological polar surface area (TPSA) is 36.4 Å². The minimum absolute atomic E-state index is 0.0461. The van der Waals surface area contributed by atoms with Crippen molar-refractivity contribution in [1.29, 1.82) is 0 Å². The van der Waals surface area contributed by atoms with Crippen molar-refractivity contribution in [2.75, 3.05) is 26.7 Å². The second-order valence-corrected chi connectivity index (χ2v) is 7.28. The Hall–Kier alpha value is -1.13. The Bertz CT molecular complexity index is 539. The molecule has 4 nitrogen and oxygen atoms in total. The molecule has 0 saturated carbocycles. The van der Waals surface area contributed by atoms with E-state index < -0.39 is 0 Å². The van der Waals surface area contributed by atoms with E-state index in [0.29, 0.717) is 16.8 Å². The molecule has 0 bridgehead atoms. The first-order valence-corrected chi connectivity index (χ1v) is 7.74. The molecule has 1 unspecified atom stereocenters. The summed E-state index contributed by atoms with van der Waals surface area (Å²) >= 11 is 6.10. The molecule has 0 N–H and O–H groups in total. The van der Waals surface area contributed by atoms with Crippen LogP contribution in [-0.4, -0.2) is 53.4 Å². The molecule has 1 aromatic heterocycles. The molecule has 21 heavy (non-hydrogen) atoms. The van der Waals surface area contributed by atoms with Gasteiger partial charge in [0.25, 0.3) is 5.91 Å². The average molecular weight is 310 g/mol. The van der Waals surface area contributed by atoms with Gasteiger partial charge in [0, 0.05) is 42.3 Å². The molecule has 1 aliphatic heterocycles. The highest BCUT2D eigenvalue weighted by atomic mass is 35.5. The Morgan fingerprint density at radius 2 is 2.00 bits per heavy atom. The van der Waals surface area contributed by atoms with Crippen LogP contribution in [0.1, 0.15) is 43.7 Å². The molecule has 1 aliphatic rings. The van der Waals surface area contributed by atoms with E-state index in [9.17, 15) is 4.79 Å². The zero-order valence-electron chi connectivity index (χ0n) is 13.5. The summed E-state index contributed by atoms with van der Waals surface area (Å²) in [6, 6.07) is 3.92. The standard InChI is InChI=1S/C16H24ClN3O/c1-11-10-20(7-6-19(11)5)15(21)12-8-13(16(2,3)4)18-14(17)9-12/h8-9,11H,6-7,10H2,1-5H3. The smallest absolute Gasteiger partial charge is 0.254 e. The maximum Gasteiger partial charge on any atom is 0.254 e. The van der Waals surface area contributed by atoms with E-state index in [1.807, 2.05) is 11.0 Å². The second kappa shape index (κ2) is 5.93. The molecule has 1 amide bonds. The Kier molecular flexibility index (Phi) is 4.59. The molecule has 5 heteroatoms. The molecule has 1 aromatic rings. The molecule has 0 radical (unpaired) electrons. The maximum atomic E-state index is 12.7. The molecule has 116 valence electrons. The number of piperazine rings is 1. The van der Waals surface area contributed by atoms with Gasteiger partial charge in [-0.15, -0.1) is 0 Å². The molecule has 2 heterocycles. The number of nitrogens with zero attached hydrogens (tertiary/aromatic N) is 3. The minimum atomic E-state index is -0.130. The van der Waals surface area contributed by atoms with Crippen molar-refractivity contribution in [2.24, 2.45) is 0 Å². The van der Waals surface area contributed by atoms with E-state index in [1.54, 1.807) is 6.07 Å². The molecule has 1 saturated heterocycles. The number of likely N-dealkylation sites (N-methyl/N-ethyl adjacent to an activating group) is 1. The first kappa shape index (κ1) is 16.2. The Balaban J connectivity index is 2.25. The number of hydrogen-bond donors (Lipinski definition) is 0. The summed E-state index contributed by atoms with van der Waals surface area (Å²) in [7, 11) is 2.09. The van der Waals surface area contributed by atoms with Crippen LogP contribution in [0.3, 0.4) is 0 Å². The van der Waals surface area contributed by atoms with Crippen LogP contribution in [0.2, 0.25) is 5.15 Å². The lowest BCUT2D eigenvalue weighted by atomic mass is 9.90. The minimum Gasteiger partial charge on any atom is -0.336 e. The van der Waals surface area contributed by atoms with Crippen molar-refractivity contribution in [2.45, 2.75) is 39.2 Å². The number of pyridine rings is 1. The van der Waals surface area contributed by atoms with E-state index in [0.717, 1.165) is 25.3 Å². The zero-order valence-corrected chi connectivity index (χ0v) is 14.2. The summed E-state index contributed by atoms with van der Waals surface area (Å²) in [5.74, 6) is 0.0461. The van der Waals surface area contributed by atoms with Gasteiger partial charge in [0.2, 0.25) is 0 Å². The van der Waals surface area contributed by atoms with Gasteiger partial charge in [-0.1, -0.05) is 32.4 Å². The molecular formula is C16H24ClN3O. The number of carbonyl (C=O) groups is 1. The monoisotopic (exact) mass is 309 g/mol. The van der Waals surface area contributed by atoms with Gasteiger partial charge in [0.05, 0.1) is 0 Å². The second-order valence-electron chi connectivity index (χ2n) is 6.89. The van der Waals surface area contributed by atoms with Gasteiger partial charge in [-0.25, -0.2) is 4.98 Å². The third kappa shape index (κ3) is 3.74. The van der Waals surface area contributed by atoms with E-state index in [4.69, 9.17) is 11.6 Å². The highest BCUT2D eigenvalue weighted by molar-refractivity contribution is 6.29. The van der Waals surface area contributed by atoms with Crippen LogP contribution in [0.4, 0.5) is 0 Å². The van der Waals surface area contributed by atoms with E-state index in [-0.39, 0.29) is 11.3 Å². The Morgan fingerprint density at radius 1 is 1.33 bits per heavy atom. The third-order valence-corrected chi connectivity index (χ3v) is 4.25. The lowest BCUT2D eigenvalue weighted by Gasteiger charge is -2.37. The van der Waals surface area contributed by atoms with Gasteiger partial charge >= 0.3 is 0 Å². The SMILES string of the molecule is CC1CN(C(=O)c2cc(Cl)nc(C(C)(C)C)c2)CCN1C. The Labute approximate surface area is 132 Å². The van der Waals surface area contributed by atoms with Gasteiger partial charge in [-0.3, -0.25) is 4.79 Å². The van der Waals surface area contributed by atoms with Crippen molar-refractivity contribution < 1.29 is 4.79 Å². The normalized spacial score (nSPS) is 20.7. The fourth-order valence-corrected chi connectivity index (χ4v) is 2.63. The summed E-state index contributed by atoms with van der Waals surface area (Å²) in [6.07, 6.45) is 0. The summed E-state index contributed by atoms with van der Waals surface area (Å²) in [5.41, 5.74) is 1.35. The van der Waals surface area contributed by atoms with Crippen LogP contribution >= 0.6 is 11.6 Å². The van der Waals surface area contributed by atoms with Crippen molar-refractivity contribution in [3.05, 3.63) is 28.5 Å². The first-order chi connectivity index (χ1) is 9.68. The highest BCUT2D eigenvalue weighted by Gasteiger charge is 2.26. The van der Waals surface area contributed by atoms with Crippen LogP contribution in [0, 0.1) is 0 Å². The molecule has 1 atom stereocenters. The van der Waals surface area contributed by atoms with Crippen LogP contribution in [0.25, 0.3) is 0 Å². The number of amides is 1. The maximum absolute atomic E-state index is 12.7. The number of hydrogen-bond acceptors (Lipinski definition) is 3. The predicted octanol–water partition coefficient (Wildman–Crippen LogP) is 2.81. The fraction of sp³-hybridized carbons (Fsp3) is 0.625. The van der Waals surface area contributed by atoms with Crippen molar-refractivity contribution >= 4 is 17.5 Å². The zero-order chi connectivity index (χ0) is 15.8. The molecular weight excluding hydrogens is 286 g/mol.